The molecule has 29 heavy (non-hydrogen) atoms. The fourth-order valence-corrected chi connectivity index (χ4v) is 3.55. The van der Waals surface area contributed by atoms with Crippen LogP contribution in [-0.2, 0) is 0 Å². The first-order chi connectivity index (χ1) is 13.7. The zero-order valence-corrected chi connectivity index (χ0v) is 17.3. The van der Waals surface area contributed by atoms with E-state index in [9.17, 15) is 18.4 Å². The van der Waals surface area contributed by atoms with Gasteiger partial charge < -0.3 is 11.1 Å². The van der Waals surface area contributed by atoms with E-state index in [0.29, 0.717) is 0 Å². The molecule has 12 heteroatoms. The quantitative estimate of drug-likeness (QED) is 0.528. The maximum Gasteiger partial charge on any atom is 0.282 e. The summed E-state index contributed by atoms with van der Waals surface area (Å²) in [6.45, 7) is 0. The van der Waals surface area contributed by atoms with Gasteiger partial charge in [-0.05, 0) is 46.3 Å². The third kappa shape index (κ3) is 4.39. The lowest BCUT2D eigenvalue weighted by Gasteiger charge is -2.13. The number of benzene rings is 1. The summed E-state index contributed by atoms with van der Waals surface area (Å²) in [6.07, 6.45) is -1.57. The van der Waals surface area contributed by atoms with Gasteiger partial charge in [-0.2, -0.15) is 5.10 Å². The number of amides is 2. The minimum absolute atomic E-state index is 0.0171. The molecule has 0 spiro atoms. The van der Waals surface area contributed by atoms with Gasteiger partial charge in [0.15, 0.2) is 5.82 Å². The number of anilines is 1. The van der Waals surface area contributed by atoms with Crippen LogP contribution in [0.3, 0.4) is 0 Å². The Kier molecular flexibility index (Phi) is 6.15. The van der Waals surface area contributed by atoms with Crippen molar-refractivity contribution in [3.63, 3.8) is 0 Å². The van der Waals surface area contributed by atoms with Gasteiger partial charge in [-0.3, -0.25) is 9.59 Å². The highest BCUT2D eigenvalue weighted by Gasteiger charge is 2.24. The number of nitrogens with two attached hydrogens (primary N) is 1. The third-order valence-corrected chi connectivity index (χ3v) is 4.82. The van der Waals surface area contributed by atoms with E-state index in [0.717, 1.165) is 10.7 Å². The molecule has 0 radical (unpaired) electrons. The van der Waals surface area contributed by atoms with Crippen molar-refractivity contribution in [2.75, 3.05) is 5.32 Å². The standard InChI is InChI=1S/C17H10BrCl2F2N5O2/c18-9-5-7(19)4-8(15(23)28)13(9)25-17(29)12-6-11(14(21)22)26-27(12)16-10(20)2-1-3-24-16/h1-6,14H,(H2,23,28)(H,25,29). The predicted octanol–water partition coefficient (Wildman–Crippen LogP) is 4.63. The Morgan fingerprint density at radius 1 is 1.24 bits per heavy atom. The molecule has 0 saturated heterocycles. The zero-order chi connectivity index (χ0) is 21.3. The maximum atomic E-state index is 13.2. The van der Waals surface area contributed by atoms with E-state index >= 15 is 0 Å². The molecule has 0 atom stereocenters. The summed E-state index contributed by atoms with van der Waals surface area (Å²) in [4.78, 5) is 28.6. The largest absolute Gasteiger partial charge is 0.366 e. The summed E-state index contributed by atoms with van der Waals surface area (Å²) in [5.74, 6) is -1.72. The van der Waals surface area contributed by atoms with E-state index in [1.807, 2.05) is 0 Å². The zero-order valence-electron chi connectivity index (χ0n) is 14.2. The molecule has 2 heterocycles. The molecule has 3 N–H and O–H groups in total. The third-order valence-electron chi connectivity index (χ3n) is 3.68. The van der Waals surface area contributed by atoms with E-state index < -0.39 is 23.9 Å². The highest BCUT2D eigenvalue weighted by molar-refractivity contribution is 9.10. The van der Waals surface area contributed by atoms with Crippen LogP contribution in [0, 0.1) is 0 Å². The lowest BCUT2D eigenvalue weighted by Crippen LogP contribution is -2.21. The average molecular weight is 505 g/mol. The second kappa shape index (κ2) is 8.44. The van der Waals surface area contributed by atoms with Crippen LogP contribution in [0.2, 0.25) is 10.0 Å². The molecular weight excluding hydrogens is 495 g/mol. The number of rotatable bonds is 5. The first-order valence-electron chi connectivity index (χ1n) is 7.78. The second-order valence-electron chi connectivity index (χ2n) is 5.60. The van der Waals surface area contributed by atoms with Crippen LogP contribution in [0.4, 0.5) is 14.5 Å². The number of primary amides is 1. The van der Waals surface area contributed by atoms with E-state index in [-0.39, 0.29) is 37.3 Å². The molecule has 0 aliphatic rings. The van der Waals surface area contributed by atoms with E-state index in [1.54, 1.807) is 0 Å². The van der Waals surface area contributed by atoms with Crippen molar-refractivity contribution in [3.8, 4) is 5.82 Å². The van der Waals surface area contributed by atoms with Crippen molar-refractivity contribution < 1.29 is 18.4 Å². The number of nitrogens with one attached hydrogen (secondary N) is 1. The Hall–Kier alpha value is -2.56. The van der Waals surface area contributed by atoms with Crippen LogP contribution < -0.4 is 11.1 Å². The molecule has 0 saturated carbocycles. The maximum absolute atomic E-state index is 13.2. The van der Waals surface area contributed by atoms with Crippen molar-refractivity contribution in [3.05, 3.63) is 68.0 Å². The molecule has 1 aromatic carbocycles. The van der Waals surface area contributed by atoms with Crippen molar-refractivity contribution in [2.24, 2.45) is 5.73 Å². The van der Waals surface area contributed by atoms with E-state index in [2.05, 4.69) is 31.3 Å². The summed E-state index contributed by atoms with van der Waals surface area (Å²) in [6, 6.07) is 6.60. The van der Waals surface area contributed by atoms with Crippen LogP contribution in [0.5, 0.6) is 0 Å². The molecule has 150 valence electrons. The number of pyridine rings is 1. The van der Waals surface area contributed by atoms with E-state index in [1.165, 1.54) is 30.5 Å². The Labute approximate surface area is 180 Å². The molecule has 0 unspecified atom stereocenters. The summed E-state index contributed by atoms with van der Waals surface area (Å²) >= 11 is 15.2. The molecule has 2 aromatic heterocycles. The predicted molar refractivity (Wildman–Crippen MR) is 107 cm³/mol. The summed E-state index contributed by atoms with van der Waals surface area (Å²) in [7, 11) is 0. The van der Waals surface area contributed by atoms with Crippen LogP contribution >= 0.6 is 39.1 Å². The number of hydrogen-bond donors (Lipinski definition) is 2. The first kappa shape index (κ1) is 21.2. The molecule has 0 fully saturated rings. The van der Waals surface area contributed by atoms with Gasteiger partial charge in [-0.1, -0.05) is 23.2 Å². The molecular formula is C17H10BrCl2F2N5O2. The Morgan fingerprint density at radius 2 is 1.97 bits per heavy atom. The Morgan fingerprint density at radius 3 is 2.59 bits per heavy atom. The number of carbonyl (C=O) groups is 2. The fourth-order valence-electron chi connectivity index (χ4n) is 2.43. The van der Waals surface area contributed by atoms with Crippen LogP contribution in [0.15, 0.2) is 41.0 Å². The summed E-state index contributed by atoms with van der Waals surface area (Å²) in [5.41, 5.74) is 4.35. The van der Waals surface area contributed by atoms with Crippen LogP contribution in [0.25, 0.3) is 5.82 Å². The molecule has 0 bridgehead atoms. The monoisotopic (exact) mass is 503 g/mol. The van der Waals surface area contributed by atoms with Crippen molar-refractivity contribution in [1.29, 1.82) is 0 Å². The molecule has 3 rings (SSSR count). The van der Waals surface area contributed by atoms with E-state index in [4.69, 9.17) is 28.9 Å². The molecule has 3 aromatic rings. The van der Waals surface area contributed by atoms with Crippen LogP contribution in [-0.4, -0.2) is 26.6 Å². The van der Waals surface area contributed by atoms with Crippen molar-refractivity contribution in [2.45, 2.75) is 6.43 Å². The van der Waals surface area contributed by atoms with Gasteiger partial charge in [0.25, 0.3) is 18.2 Å². The summed E-state index contributed by atoms with van der Waals surface area (Å²) in [5, 5.41) is 6.49. The highest BCUT2D eigenvalue weighted by Crippen LogP contribution is 2.31. The van der Waals surface area contributed by atoms with Gasteiger partial charge in [0.1, 0.15) is 11.4 Å². The summed E-state index contributed by atoms with van der Waals surface area (Å²) < 4.78 is 27.6. The van der Waals surface area contributed by atoms with Gasteiger partial charge in [0.05, 0.1) is 16.3 Å². The minimum Gasteiger partial charge on any atom is -0.366 e. The van der Waals surface area contributed by atoms with Gasteiger partial charge in [0.2, 0.25) is 0 Å². The Bertz CT molecular complexity index is 1120. The lowest BCUT2D eigenvalue weighted by atomic mass is 10.1. The van der Waals surface area contributed by atoms with Crippen molar-refractivity contribution in [1.82, 2.24) is 14.8 Å². The van der Waals surface area contributed by atoms with Gasteiger partial charge in [-0.25, -0.2) is 18.4 Å². The number of carbonyl (C=O) groups excluding carboxylic acids is 2. The first-order valence-corrected chi connectivity index (χ1v) is 9.33. The smallest absolute Gasteiger partial charge is 0.282 e. The van der Waals surface area contributed by atoms with Gasteiger partial charge in [-0.15, -0.1) is 0 Å². The molecule has 0 aliphatic heterocycles. The highest BCUT2D eigenvalue weighted by atomic mass is 79.9. The molecule has 0 aliphatic carbocycles. The van der Waals surface area contributed by atoms with Gasteiger partial charge >= 0.3 is 0 Å². The number of nitrogens with zero attached hydrogens (tertiary/aromatic N) is 3. The molecule has 7 nitrogen and oxygen atoms in total. The van der Waals surface area contributed by atoms with Crippen LogP contribution in [0.1, 0.15) is 33.0 Å². The SMILES string of the molecule is NC(=O)c1cc(Cl)cc(Br)c1NC(=O)c1cc(C(F)F)nn1-c1ncccc1Cl. The topological polar surface area (TPSA) is 103 Å². The van der Waals surface area contributed by atoms with Crippen molar-refractivity contribution >= 4 is 56.6 Å². The number of hydrogen-bond acceptors (Lipinski definition) is 4. The average Bonchev–Trinajstić information content (AvgIpc) is 3.09. The Balaban J connectivity index is 2.09. The number of alkyl halides is 2. The number of aromatic nitrogens is 3. The molecule has 2 amide bonds. The second-order valence-corrected chi connectivity index (χ2v) is 7.30. The van der Waals surface area contributed by atoms with Gasteiger partial charge in [0, 0.05) is 15.7 Å². The minimum atomic E-state index is -2.94. The fraction of sp³-hybridized carbons (Fsp3) is 0.0588. The lowest BCUT2D eigenvalue weighted by molar-refractivity contribution is 0.100. The normalized spacial score (nSPS) is 11.0. The number of halogens is 5.